The third-order valence-corrected chi connectivity index (χ3v) is 6.93. The average Bonchev–Trinajstić information content (AvgIpc) is 2.37. The minimum absolute atomic E-state index is 0.175. The van der Waals surface area contributed by atoms with Crippen LogP contribution < -0.4 is 5.30 Å². The Kier molecular flexibility index (Phi) is 6.45. The molecule has 0 amide bonds. The number of phenols is 1. The maximum absolute atomic E-state index is 13.1. The van der Waals surface area contributed by atoms with Crippen molar-refractivity contribution in [2.24, 2.45) is 0 Å². The second kappa shape index (κ2) is 7.35. The molecule has 1 aromatic carbocycles. The summed E-state index contributed by atoms with van der Waals surface area (Å²) in [5.74, 6) is 0.175. The fourth-order valence-corrected chi connectivity index (χ4v) is 5.77. The number of rotatable bonds is 7. The molecule has 18 heavy (non-hydrogen) atoms. The lowest BCUT2D eigenvalue weighted by molar-refractivity contribution is 0.478. The molecule has 1 N–H and O–H groups in total. The lowest BCUT2D eigenvalue weighted by Gasteiger charge is -2.19. The second-order valence-corrected chi connectivity index (χ2v) is 8.75. The van der Waals surface area contributed by atoms with Crippen LogP contribution in [0.3, 0.4) is 0 Å². The lowest BCUT2D eigenvalue weighted by Crippen LogP contribution is -2.12. The first-order chi connectivity index (χ1) is 8.53. The smallest absolute Gasteiger partial charge is 0.126 e. The molecule has 0 saturated heterocycles. The van der Waals surface area contributed by atoms with Gasteiger partial charge < -0.3 is 9.67 Å². The molecule has 0 bridgehead atoms. The summed E-state index contributed by atoms with van der Waals surface area (Å²) in [4.78, 5) is 0. The van der Waals surface area contributed by atoms with Gasteiger partial charge in [-0.15, -0.1) is 0 Å². The van der Waals surface area contributed by atoms with Gasteiger partial charge in [-0.05, 0) is 31.0 Å². The first-order valence-corrected chi connectivity index (χ1v) is 9.47. The maximum Gasteiger partial charge on any atom is 0.126 e. The largest absolute Gasteiger partial charge is 0.507 e. The van der Waals surface area contributed by atoms with Crippen LogP contribution in [0.15, 0.2) is 22.7 Å². The highest BCUT2D eigenvalue weighted by molar-refractivity contribution is 9.10. The standard InChI is InChI=1S/C14H22BrO2P/c1-3-5-9-18(17,10-6-4-2)14-11-12(15)7-8-13(14)16/h7-8,11,16H,3-6,9-10H2,1-2H3. The molecular formula is C14H22BrO2P. The molecule has 4 heteroatoms. The van der Waals surface area contributed by atoms with Gasteiger partial charge in [-0.1, -0.05) is 42.6 Å². The van der Waals surface area contributed by atoms with Crippen LogP contribution in [0.25, 0.3) is 0 Å². The summed E-state index contributed by atoms with van der Waals surface area (Å²) in [6.07, 6.45) is 5.37. The molecule has 0 spiro atoms. The minimum atomic E-state index is -2.45. The van der Waals surface area contributed by atoms with Crippen molar-refractivity contribution in [3.63, 3.8) is 0 Å². The number of benzene rings is 1. The van der Waals surface area contributed by atoms with E-state index in [2.05, 4.69) is 29.8 Å². The lowest BCUT2D eigenvalue weighted by atomic mass is 10.3. The summed E-state index contributed by atoms with van der Waals surface area (Å²) in [5.41, 5.74) is 0. The van der Waals surface area contributed by atoms with Gasteiger partial charge in [0.05, 0.1) is 5.30 Å². The number of hydrogen-bond donors (Lipinski definition) is 1. The van der Waals surface area contributed by atoms with Gasteiger partial charge in [-0.25, -0.2) is 0 Å². The van der Waals surface area contributed by atoms with E-state index < -0.39 is 7.14 Å². The molecule has 0 aliphatic heterocycles. The van der Waals surface area contributed by atoms with Crippen LogP contribution in [0, 0.1) is 0 Å². The fraction of sp³-hybridized carbons (Fsp3) is 0.571. The van der Waals surface area contributed by atoms with Crippen molar-refractivity contribution in [3.05, 3.63) is 22.7 Å². The van der Waals surface area contributed by atoms with Gasteiger partial charge in [0.1, 0.15) is 12.9 Å². The van der Waals surface area contributed by atoms with E-state index >= 15 is 0 Å². The number of aromatic hydroxyl groups is 1. The summed E-state index contributed by atoms with van der Waals surface area (Å²) in [6, 6.07) is 5.23. The van der Waals surface area contributed by atoms with Crippen LogP contribution >= 0.6 is 23.1 Å². The molecular weight excluding hydrogens is 311 g/mol. The number of hydrogen-bond acceptors (Lipinski definition) is 2. The monoisotopic (exact) mass is 332 g/mol. The summed E-state index contributed by atoms with van der Waals surface area (Å²) in [7, 11) is -2.45. The Morgan fingerprint density at radius 2 is 1.72 bits per heavy atom. The zero-order valence-electron chi connectivity index (χ0n) is 11.2. The van der Waals surface area contributed by atoms with Gasteiger partial charge in [-0.3, -0.25) is 0 Å². The van der Waals surface area contributed by atoms with Crippen LogP contribution in [0.5, 0.6) is 5.75 Å². The second-order valence-electron chi connectivity index (χ2n) is 4.68. The van der Waals surface area contributed by atoms with E-state index in [1.54, 1.807) is 12.1 Å². The van der Waals surface area contributed by atoms with Crippen molar-refractivity contribution < 1.29 is 9.67 Å². The Hall–Kier alpha value is -0.270. The van der Waals surface area contributed by atoms with Crippen LogP contribution in [0.2, 0.25) is 0 Å². The summed E-state index contributed by atoms with van der Waals surface area (Å²) in [6.45, 7) is 4.20. The summed E-state index contributed by atoms with van der Waals surface area (Å²) < 4.78 is 14.0. The third kappa shape index (κ3) is 4.13. The molecule has 2 nitrogen and oxygen atoms in total. The molecule has 0 atom stereocenters. The predicted molar refractivity (Wildman–Crippen MR) is 82.6 cm³/mol. The van der Waals surface area contributed by atoms with Gasteiger partial charge in [0.15, 0.2) is 0 Å². The van der Waals surface area contributed by atoms with Crippen molar-refractivity contribution in [1.82, 2.24) is 0 Å². The van der Waals surface area contributed by atoms with E-state index in [0.29, 0.717) is 17.6 Å². The van der Waals surface area contributed by atoms with Crippen molar-refractivity contribution >= 4 is 28.4 Å². The molecule has 0 unspecified atom stereocenters. The molecule has 1 aromatic rings. The minimum Gasteiger partial charge on any atom is -0.507 e. The van der Waals surface area contributed by atoms with Gasteiger partial charge in [0, 0.05) is 16.8 Å². The van der Waals surface area contributed by atoms with Crippen LogP contribution in [0.4, 0.5) is 0 Å². The van der Waals surface area contributed by atoms with Crippen molar-refractivity contribution in [1.29, 1.82) is 0 Å². The highest BCUT2D eigenvalue weighted by atomic mass is 79.9. The first-order valence-electron chi connectivity index (χ1n) is 6.60. The highest BCUT2D eigenvalue weighted by Gasteiger charge is 2.26. The highest BCUT2D eigenvalue weighted by Crippen LogP contribution is 2.48. The Labute approximate surface area is 118 Å². The van der Waals surface area contributed by atoms with Crippen molar-refractivity contribution in [3.8, 4) is 5.75 Å². The predicted octanol–water partition coefficient (Wildman–Crippen LogP) is 4.74. The van der Waals surface area contributed by atoms with Gasteiger partial charge >= 0.3 is 0 Å². The molecule has 0 aliphatic carbocycles. The van der Waals surface area contributed by atoms with E-state index in [1.807, 2.05) is 6.07 Å². The molecule has 0 radical (unpaired) electrons. The zero-order chi connectivity index (χ0) is 13.6. The molecule has 1 rings (SSSR count). The molecule has 102 valence electrons. The molecule has 0 aliphatic rings. The van der Waals surface area contributed by atoms with Gasteiger partial charge in [0.25, 0.3) is 0 Å². The van der Waals surface area contributed by atoms with Crippen molar-refractivity contribution in [2.45, 2.75) is 39.5 Å². The SMILES string of the molecule is CCCCP(=O)(CCCC)c1cc(Br)ccc1O. The van der Waals surface area contributed by atoms with Gasteiger partial charge in [-0.2, -0.15) is 0 Å². The van der Waals surface area contributed by atoms with Gasteiger partial charge in [0.2, 0.25) is 0 Å². The molecule has 0 aromatic heterocycles. The zero-order valence-corrected chi connectivity index (χ0v) is 13.6. The summed E-state index contributed by atoms with van der Waals surface area (Å²) in [5, 5.41) is 10.6. The van der Waals surface area contributed by atoms with Crippen LogP contribution in [0.1, 0.15) is 39.5 Å². The Balaban J connectivity index is 3.07. The average molecular weight is 333 g/mol. The normalized spacial score (nSPS) is 11.7. The fourth-order valence-electron chi connectivity index (χ4n) is 2.00. The van der Waals surface area contributed by atoms with Crippen LogP contribution in [-0.2, 0) is 4.57 Å². The van der Waals surface area contributed by atoms with Crippen LogP contribution in [-0.4, -0.2) is 17.4 Å². The van der Waals surface area contributed by atoms with E-state index in [1.165, 1.54) is 0 Å². The van der Waals surface area contributed by atoms with E-state index in [0.717, 1.165) is 30.2 Å². The Morgan fingerprint density at radius 3 is 2.22 bits per heavy atom. The summed E-state index contributed by atoms with van der Waals surface area (Å²) >= 11 is 3.39. The first kappa shape index (κ1) is 15.8. The van der Waals surface area contributed by atoms with E-state index in [-0.39, 0.29) is 5.75 Å². The topological polar surface area (TPSA) is 37.3 Å². The molecule has 0 heterocycles. The Bertz CT molecular complexity index is 420. The number of phenolic OH excluding ortho intramolecular Hbond substituents is 1. The van der Waals surface area contributed by atoms with E-state index in [9.17, 15) is 9.67 Å². The maximum atomic E-state index is 13.1. The number of halogens is 1. The van der Waals surface area contributed by atoms with E-state index in [4.69, 9.17) is 0 Å². The third-order valence-electron chi connectivity index (χ3n) is 3.12. The molecule has 0 fully saturated rings. The molecule has 0 saturated carbocycles. The van der Waals surface area contributed by atoms with Crippen molar-refractivity contribution in [2.75, 3.05) is 12.3 Å². The Morgan fingerprint density at radius 1 is 1.17 bits per heavy atom. The number of unbranched alkanes of at least 4 members (excludes halogenated alkanes) is 2. The quantitative estimate of drug-likeness (QED) is 0.732.